The molecule has 0 aromatic rings. The van der Waals surface area contributed by atoms with Gasteiger partial charge in [-0.1, -0.05) is 41.5 Å². The smallest absolute Gasteiger partial charge is 0.158 e. The van der Waals surface area contributed by atoms with Gasteiger partial charge < -0.3 is 5.43 Å². The lowest BCUT2D eigenvalue weighted by Crippen LogP contribution is -2.30. The van der Waals surface area contributed by atoms with Crippen molar-refractivity contribution in [2.45, 2.75) is 41.5 Å². The minimum absolute atomic E-state index is 0.0534. The van der Waals surface area contributed by atoms with Crippen LogP contribution in [0.2, 0.25) is 0 Å². The van der Waals surface area contributed by atoms with Crippen molar-refractivity contribution in [2.75, 3.05) is 6.54 Å². The molecule has 0 amide bonds. The van der Waals surface area contributed by atoms with Gasteiger partial charge in [0.15, 0.2) is 5.78 Å². The van der Waals surface area contributed by atoms with E-state index in [1.165, 1.54) is 0 Å². The number of nitrogens with zero attached hydrogens (tertiary/aromatic N) is 1. The van der Waals surface area contributed by atoms with Crippen LogP contribution in [0.5, 0.6) is 0 Å². The van der Waals surface area contributed by atoms with Crippen LogP contribution >= 0.6 is 0 Å². The van der Waals surface area contributed by atoms with Crippen molar-refractivity contribution in [3.05, 3.63) is 0 Å². The van der Waals surface area contributed by atoms with Gasteiger partial charge in [-0.15, -0.1) is 0 Å². The van der Waals surface area contributed by atoms with Crippen molar-refractivity contribution in [2.24, 2.45) is 15.9 Å². The van der Waals surface area contributed by atoms with Crippen LogP contribution in [-0.4, -0.2) is 18.5 Å². The van der Waals surface area contributed by atoms with Crippen LogP contribution in [0.1, 0.15) is 41.5 Å². The normalized spacial score (nSPS) is 13.3. The second-order valence-corrected chi connectivity index (χ2v) is 5.63. The monoisotopic (exact) mass is 198 g/mol. The van der Waals surface area contributed by atoms with Crippen LogP contribution in [0.25, 0.3) is 0 Å². The summed E-state index contributed by atoms with van der Waals surface area (Å²) in [5.41, 5.74) is 2.53. The maximum atomic E-state index is 11.5. The van der Waals surface area contributed by atoms with E-state index in [2.05, 4.69) is 31.3 Å². The second-order valence-electron chi connectivity index (χ2n) is 5.63. The molecular formula is C11H22N2O. The first kappa shape index (κ1) is 13.1. The summed E-state index contributed by atoms with van der Waals surface area (Å²) < 4.78 is 0. The van der Waals surface area contributed by atoms with Gasteiger partial charge in [0.1, 0.15) is 0 Å². The predicted molar refractivity (Wildman–Crippen MR) is 60.4 cm³/mol. The number of carbonyl (C=O) groups excluding carboxylic acids is 1. The van der Waals surface area contributed by atoms with E-state index in [0.29, 0.717) is 6.54 Å². The molecule has 0 unspecified atom stereocenters. The van der Waals surface area contributed by atoms with Gasteiger partial charge in [0.2, 0.25) is 0 Å². The van der Waals surface area contributed by atoms with Crippen molar-refractivity contribution >= 4 is 12.0 Å². The van der Waals surface area contributed by atoms with Crippen molar-refractivity contribution in [3.8, 4) is 0 Å². The highest BCUT2D eigenvalue weighted by Gasteiger charge is 2.20. The van der Waals surface area contributed by atoms with Crippen LogP contribution in [0.4, 0.5) is 0 Å². The largest absolute Gasteiger partial charge is 0.303 e. The molecule has 0 radical (unpaired) electrons. The molecule has 0 spiro atoms. The summed E-state index contributed by atoms with van der Waals surface area (Å²) in [6, 6.07) is 0. The molecule has 0 aromatic heterocycles. The summed E-state index contributed by atoms with van der Waals surface area (Å²) in [6.07, 6.45) is 1.81. The van der Waals surface area contributed by atoms with Crippen LogP contribution in [0.15, 0.2) is 5.10 Å². The molecule has 14 heavy (non-hydrogen) atoms. The van der Waals surface area contributed by atoms with Crippen molar-refractivity contribution < 1.29 is 4.79 Å². The molecule has 0 heterocycles. The first-order chi connectivity index (χ1) is 6.13. The maximum Gasteiger partial charge on any atom is 0.158 e. The molecule has 82 valence electrons. The minimum Gasteiger partial charge on any atom is -0.303 e. The Balaban J connectivity index is 3.88. The Morgan fingerprint density at radius 2 is 1.71 bits per heavy atom. The Hall–Kier alpha value is -0.860. The van der Waals surface area contributed by atoms with E-state index >= 15 is 0 Å². The van der Waals surface area contributed by atoms with Gasteiger partial charge in [-0.25, -0.2) is 0 Å². The van der Waals surface area contributed by atoms with E-state index in [-0.39, 0.29) is 16.6 Å². The lowest BCUT2D eigenvalue weighted by molar-refractivity contribution is -0.125. The second kappa shape index (κ2) is 4.58. The zero-order chi connectivity index (χ0) is 11.4. The van der Waals surface area contributed by atoms with Crippen LogP contribution in [0.3, 0.4) is 0 Å². The summed E-state index contributed by atoms with van der Waals surface area (Å²) in [5, 5.41) is 4.00. The molecule has 0 aliphatic heterocycles. The van der Waals surface area contributed by atoms with Gasteiger partial charge in [0, 0.05) is 11.6 Å². The van der Waals surface area contributed by atoms with E-state index < -0.39 is 0 Å². The Kier molecular flexibility index (Phi) is 4.30. The molecule has 0 aromatic carbocycles. The molecule has 1 N–H and O–H groups in total. The van der Waals surface area contributed by atoms with Gasteiger partial charge in [-0.05, 0) is 5.41 Å². The molecule has 0 aliphatic carbocycles. The van der Waals surface area contributed by atoms with Crippen molar-refractivity contribution in [3.63, 3.8) is 0 Å². The number of carbonyl (C=O) groups is 1. The van der Waals surface area contributed by atoms with Gasteiger partial charge in [-0.3, -0.25) is 4.79 Å². The summed E-state index contributed by atoms with van der Waals surface area (Å²) in [5.74, 6) is 0.170. The molecule has 3 heteroatoms. The van der Waals surface area contributed by atoms with Crippen molar-refractivity contribution in [1.82, 2.24) is 5.43 Å². The highest BCUT2D eigenvalue weighted by Crippen LogP contribution is 2.13. The topological polar surface area (TPSA) is 41.5 Å². The fourth-order valence-electron chi connectivity index (χ4n) is 0.622. The lowest BCUT2D eigenvalue weighted by Gasteiger charge is -2.16. The third-order valence-corrected chi connectivity index (χ3v) is 1.62. The molecule has 0 fully saturated rings. The molecule has 0 aliphatic rings. The minimum atomic E-state index is -0.287. The number of hydrazone groups is 1. The highest BCUT2D eigenvalue weighted by molar-refractivity contribution is 5.85. The molecule has 0 bridgehead atoms. The molecule has 0 rings (SSSR count). The Morgan fingerprint density at radius 3 is 2.07 bits per heavy atom. The van der Waals surface area contributed by atoms with Gasteiger partial charge in [0.05, 0.1) is 6.54 Å². The summed E-state index contributed by atoms with van der Waals surface area (Å²) in [7, 11) is 0. The zero-order valence-corrected chi connectivity index (χ0v) is 10.1. The van der Waals surface area contributed by atoms with Crippen LogP contribution in [-0.2, 0) is 4.79 Å². The number of rotatable bonds is 3. The first-order valence-electron chi connectivity index (χ1n) is 4.93. The average molecular weight is 198 g/mol. The van der Waals surface area contributed by atoms with Crippen LogP contribution in [0, 0.1) is 10.8 Å². The quantitative estimate of drug-likeness (QED) is 0.558. The van der Waals surface area contributed by atoms with E-state index in [4.69, 9.17) is 0 Å². The summed E-state index contributed by atoms with van der Waals surface area (Å²) in [6.45, 7) is 12.2. The zero-order valence-electron chi connectivity index (χ0n) is 10.1. The summed E-state index contributed by atoms with van der Waals surface area (Å²) in [4.78, 5) is 11.5. The first-order valence-corrected chi connectivity index (χ1v) is 4.93. The van der Waals surface area contributed by atoms with E-state index in [1.807, 2.05) is 27.0 Å². The predicted octanol–water partition coefficient (Wildman–Crippen LogP) is 2.22. The maximum absolute atomic E-state index is 11.5. The Bertz CT molecular complexity index is 218. The standard InChI is InChI=1S/C11H22N2O/c1-10(2,3)8-13-12-7-9(14)11(4,5)6/h8,12H,7H2,1-6H3. The van der Waals surface area contributed by atoms with Crippen LogP contribution < -0.4 is 5.43 Å². The van der Waals surface area contributed by atoms with E-state index in [9.17, 15) is 4.79 Å². The fourth-order valence-corrected chi connectivity index (χ4v) is 0.622. The number of hydrogen-bond donors (Lipinski definition) is 1. The average Bonchev–Trinajstić information content (AvgIpc) is 1.93. The molecule has 0 saturated heterocycles. The Morgan fingerprint density at radius 1 is 1.21 bits per heavy atom. The van der Waals surface area contributed by atoms with E-state index in [0.717, 1.165) is 0 Å². The van der Waals surface area contributed by atoms with Gasteiger partial charge >= 0.3 is 0 Å². The molecular weight excluding hydrogens is 176 g/mol. The summed E-state index contributed by atoms with van der Waals surface area (Å²) >= 11 is 0. The lowest BCUT2D eigenvalue weighted by atomic mass is 9.91. The molecule has 0 atom stereocenters. The van der Waals surface area contributed by atoms with E-state index in [1.54, 1.807) is 0 Å². The van der Waals surface area contributed by atoms with Gasteiger partial charge in [-0.2, -0.15) is 5.10 Å². The number of nitrogens with one attached hydrogen (secondary N) is 1. The molecule has 0 saturated carbocycles. The number of ketones is 1. The number of hydrogen-bond acceptors (Lipinski definition) is 3. The van der Waals surface area contributed by atoms with Crippen molar-refractivity contribution in [1.29, 1.82) is 0 Å². The highest BCUT2D eigenvalue weighted by atomic mass is 16.1. The third kappa shape index (κ3) is 6.63. The molecule has 3 nitrogen and oxygen atoms in total. The number of Topliss-reactive ketones (excluding diaryl/α,β-unsaturated/α-hetero) is 1. The fraction of sp³-hybridized carbons (Fsp3) is 0.818. The SMILES string of the molecule is CC(C)(C)C=NNCC(=O)C(C)(C)C. The third-order valence-electron chi connectivity index (χ3n) is 1.62. The van der Waals surface area contributed by atoms with Gasteiger partial charge in [0.25, 0.3) is 0 Å². The Labute approximate surface area is 87.0 Å².